The number of amides is 1. The van der Waals surface area contributed by atoms with Crippen LogP contribution in [0.2, 0.25) is 5.02 Å². The Balaban J connectivity index is 1.09. The number of benzene rings is 3. The van der Waals surface area contributed by atoms with Gasteiger partial charge in [0.1, 0.15) is 11.6 Å². The standard InChI is InChI=1S/C34H36ClFN4O3/c1-43-32-8-3-7-29-30(34(42)37-18-23-5-2-6-26(36)17-23)21-39(33(29)32)15-4-16-40-27-13-14-28(40)20-38(19-27)22-31(41)24-9-11-25(35)12-10-24/h2-3,5-12,17,21,27-28H,4,13-16,18-20,22H2,1H3,(H,37,42). The highest BCUT2D eigenvalue weighted by atomic mass is 35.5. The van der Waals surface area contributed by atoms with Crippen LogP contribution in [0.3, 0.4) is 0 Å². The number of halogens is 2. The summed E-state index contributed by atoms with van der Waals surface area (Å²) < 4.78 is 21.4. The maximum absolute atomic E-state index is 13.6. The number of rotatable bonds is 11. The molecule has 9 heteroatoms. The van der Waals surface area contributed by atoms with E-state index in [9.17, 15) is 14.0 Å². The Bertz CT molecular complexity index is 1610. The molecule has 2 saturated heterocycles. The average Bonchev–Trinajstić information content (AvgIpc) is 3.49. The molecule has 2 aliphatic heterocycles. The summed E-state index contributed by atoms with van der Waals surface area (Å²) in [6.07, 6.45) is 5.12. The Hall–Kier alpha value is -3.72. The molecular formula is C34H36ClFN4O3. The minimum atomic E-state index is -0.325. The van der Waals surface area contributed by atoms with Crippen molar-refractivity contribution in [2.24, 2.45) is 0 Å². The lowest BCUT2D eigenvalue weighted by Crippen LogP contribution is -2.54. The number of Topliss-reactive ketones (excluding diaryl/α,β-unsaturated/α-hetero) is 1. The van der Waals surface area contributed by atoms with Gasteiger partial charge in [-0.25, -0.2) is 4.39 Å². The van der Waals surface area contributed by atoms with Crippen molar-refractivity contribution in [2.45, 2.75) is 44.4 Å². The first-order valence-corrected chi connectivity index (χ1v) is 15.2. The van der Waals surface area contributed by atoms with E-state index in [-0.39, 0.29) is 24.1 Å². The number of hydrogen-bond donors (Lipinski definition) is 1. The second-order valence-electron chi connectivity index (χ2n) is 11.5. The molecule has 3 aromatic carbocycles. The zero-order chi connectivity index (χ0) is 29.9. The molecule has 2 atom stereocenters. The Morgan fingerprint density at radius 1 is 1.00 bits per heavy atom. The highest BCUT2D eigenvalue weighted by Crippen LogP contribution is 2.32. The van der Waals surface area contributed by atoms with Crippen molar-refractivity contribution in [1.29, 1.82) is 0 Å². The van der Waals surface area contributed by atoms with Crippen LogP contribution < -0.4 is 10.1 Å². The third-order valence-electron chi connectivity index (χ3n) is 8.73. The van der Waals surface area contributed by atoms with Gasteiger partial charge >= 0.3 is 0 Å². The summed E-state index contributed by atoms with van der Waals surface area (Å²) in [6.45, 7) is 4.15. The van der Waals surface area contributed by atoms with Gasteiger partial charge in [0.05, 0.1) is 24.7 Å². The maximum atomic E-state index is 13.6. The van der Waals surface area contributed by atoms with E-state index in [2.05, 4.69) is 19.7 Å². The van der Waals surface area contributed by atoms with Gasteiger partial charge < -0.3 is 14.6 Å². The molecule has 1 amide bonds. The predicted octanol–water partition coefficient (Wildman–Crippen LogP) is 5.79. The van der Waals surface area contributed by atoms with Gasteiger partial charge in [-0.3, -0.25) is 19.4 Å². The molecule has 2 aliphatic rings. The third kappa shape index (κ3) is 6.47. The molecule has 0 aliphatic carbocycles. The number of methoxy groups -OCH3 is 1. The first kappa shape index (κ1) is 29.4. The third-order valence-corrected chi connectivity index (χ3v) is 8.98. The summed E-state index contributed by atoms with van der Waals surface area (Å²) >= 11 is 5.99. The van der Waals surface area contributed by atoms with Gasteiger partial charge in [0.2, 0.25) is 0 Å². The van der Waals surface area contributed by atoms with Crippen LogP contribution in [0.25, 0.3) is 10.9 Å². The maximum Gasteiger partial charge on any atom is 0.253 e. The van der Waals surface area contributed by atoms with Crippen molar-refractivity contribution in [2.75, 3.05) is 33.3 Å². The zero-order valence-corrected chi connectivity index (χ0v) is 25.0. The lowest BCUT2D eigenvalue weighted by Gasteiger charge is -2.41. The summed E-state index contributed by atoms with van der Waals surface area (Å²) in [5, 5.41) is 4.40. The van der Waals surface area contributed by atoms with Crippen LogP contribution in [-0.4, -0.2) is 71.4 Å². The fourth-order valence-corrected chi connectivity index (χ4v) is 6.82. The van der Waals surface area contributed by atoms with E-state index in [1.807, 2.05) is 24.4 Å². The number of piperazine rings is 1. The molecule has 6 rings (SSSR count). The van der Waals surface area contributed by atoms with Crippen molar-refractivity contribution in [3.05, 3.63) is 100 Å². The van der Waals surface area contributed by atoms with Crippen LogP contribution in [-0.2, 0) is 13.1 Å². The number of carbonyl (C=O) groups is 2. The van der Waals surface area contributed by atoms with Crippen molar-refractivity contribution >= 4 is 34.2 Å². The van der Waals surface area contributed by atoms with Gasteiger partial charge in [0, 0.05) is 67.0 Å². The lowest BCUT2D eigenvalue weighted by molar-refractivity contribution is 0.0588. The number of aryl methyl sites for hydroxylation is 1. The number of ketones is 1. The number of fused-ring (bicyclic) bond motifs is 3. The topological polar surface area (TPSA) is 66.8 Å². The lowest BCUT2D eigenvalue weighted by atomic mass is 10.1. The SMILES string of the molecule is COc1cccc2c(C(=O)NCc3cccc(F)c3)cn(CCCN3C4CCC3CN(CC(=O)c3ccc(Cl)cc3)C4)c12. The molecule has 4 aromatic rings. The van der Waals surface area contributed by atoms with Gasteiger partial charge in [-0.15, -0.1) is 0 Å². The van der Waals surface area contributed by atoms with Gasteiger partial charge in [0.25, 0.3) is 5.91 Å². The van der Waals surface area contributed by atoms with E-state index in [1.54, 1.807) is 43.5 Å². The average molecular weight is 603 g/mol. The van der Waals surface area contributed by atoms with Crippen LogP contribution in [0.1, 0.15) is 45.5 Å². The molecular weight excluding hydrogens is 567 g/mol. The van der Waals surface area contributed by atoms with E-state index < -0.39 is 0 Å². The van der Waals surface area contributed by atoms with Crippen molar-refractivity contribution in [3.8, 4) is 5.75 Å². The molecule has 0 radical (unpaired) electrons. The van der Waals surface area contributed by atoms with Crippen LogP contribution in [0.4, 0.5) is 4.39 Å². The van der Waals surface area contributed by atoms with Crippen LogP contribution in [0, 0.1) is 5.82 Å². The summed E-state index contributed by atoms with van der Waals surface area (Å²) in [5.74, 6) is 0.326. The van der Waals surface area contributed by atoms with E-state index >= 15 is 0 Å². The Morgan fingerprint density at radius 3 is 2.47 bits per heavy atom. The molecule has 2 unspecified atom stereocenters. The van der Waals surface area contributed by atoms with Crippen LogP contribution in [0.5, 0.6) is 5.75 Å². The Labute approximate surface area is 256 Å². The summed E-state index contributed by atoms with van der Waals surface area (Å²) in [4.78, 5) is 31.0. The van der Waals surface area contributed by atoms with Crippen LogP contribution in [0.15, 0.2) is 72.9 Å². The molecule has 43 heavy (non-hydrogen) atoms. The van der Waals surface area contributed by atoms with E-state index in [4.69, 9.17) is 16.3 Å². The number of ether oxygens (including phenoxy) is 1. The summed E-state index contributed by atoms with van der Waals surface area (Å²) in [6, 6.07) is 20.0. The molecule has 1 N–H and O–H groups in total. The predicted molar refractivity (Wildman–Crippen MR) is 166 cm³/mol. The van der Waals surface area contributed by atoms with E-state index in [0.29, 0.717) is 40.3 Å². The first-order valence-electron chi connectivity index (χ1n) is 14.8. The first-order chi connectivity index (χ1) is 20.9. The second-order valence-corrected chi connectivity index (χ2v) is 11.9. The summed E-state index contributed by atoms with van der Waals surface area (Å²) in [5.41, 5.74) is 2.88. The molecule has 2 fully saturated rings. The van der Waals surface area contributed by atoms with Gasteiger partial charge in [-0.1, -0.05) is 35.9 Å². The molecule has 2 bridgehead atoms. The molecule has 1 aromatic heterocycles. The van der Waals surface area contributed by atoms with Gasteiger partial charge in [-0.05, 0) is 67.3 Å². The van der Waals surface area contributed by atoms with Crippen molar-refractivity contribution < 1.29 is 18.7 Å². The number of nitrogens with one attached hydrogen (secondary N) is 1. The van der Waals surface area contributed by atoms with E-state index in [0.717, 1.165) is 62.1 Å². The molecule has 224 valence electrons. The number of carbonyl (C=O) groups excluding carboxylic acids is 2. The molecule has 0 spiro atoms. The Morgan fingerprint density at radius 2 is 1.74 bits per heavy atom. The fourth-order valence-electron chi connectivity index (χ4n) is 6.70. The Kier molecular flexibility index (Phi) is 8.79. The normalized spacial score (nSPS) is 18.7. The monoisotopic (exact) mass is 602 g/mol. The molecule has 7 nitrogen and oxygen atoms in total. The number of hydrogen-bond acceptors (Lipinski definition) is 5. The van der Waals surface area contributed by atoms with Crippen molar-refractivity contribution in [3.63, 3.8) is 0 Å². The number of para-hydroxylation sites is 1. The van der Waals surface area contributed by atoms with Crippen LogP contribution >= 0.6 is 11.6 Å². The van der Waals surface area contributed by atoms with E-state index in [1.165, 1.54) is 12.1 Å². The van der Waals surface area contributed by atoms with Gasteiger partial charge in [-0.2, -0.15) is 0 Å². The highest BCUT2D eigenvalue weighted by molar-refractivity contribution is 6.30. The minimum Gasteiger partial charge on any atom is -0.495 e. The number of aromatic nitrogens is 1. The largest absolute Gasteiger partial charge is 0.495 e. The minimum absolute atomic E-state index is 0.133. The van der Waals surface area contributed by atoms with Crippen molar-refractivity contribution in [1.82, 2.24) is 19.7 Å². The fraction of sp³-hybridized carbons (Fsp3) is 0.353. The number of likely N-dealkylation sites (tertiary alicyclic amines) is 1. The zero-order valence-electron chi connectivity index (χ0n) is 24.3. The number of nitrogens with zero attached hydrogens (tertiary/aromatic N) is 3. The summed E-state index contributed by atoms with van der Waals surface area (Å²) in [7, 11) is 1.64. The second kappa shape index (κ2) is 12.9. The smallest absolute Gasteiger partial charge is 0.253 e. The molecule has 0 saturated carbocycles. The quantitative estimate of drug-likeness (QED) is 0.220. The highest BCUT2D eigenvalue weighted by Gasteiger charge is 2.39. The molecule has 3 heterocycles. The van der Waals surface area contributed by atoms with Gasteiger partial charge in [0.15, 0.2) is 5.78 Å².